The van der Waals surface area contributed by atoms with E-state index in [9.17, 15) is 0 Å². The van der Waals surface area contributed by atoms with E-state index in [0.29, 0.717) is 0 Å². The van der Waals surface area contributed by atoms with E-state index in [-0.39, 0.29) is 0 Å². The fraction of sp³-hybridized carbons (Fsp3) is 0.682. The molecule has 1 aromatic carbocycles. The van der Waals surface area contributed by atoms with Crippen molar-refractivity contribution < 1.29 is 0 Å². The van der Waals surface area contributed by atoms with Crippen molar-refractivity contribution in [2.45, 2.75) is 45.1 Å². The summed E-state index contributed by atoms with van der Waals surface area (Å²) in [7, 11) is 0. The van der Waals surface area contributed by atoms with Crippen molar-refractivity contribution in [2.75, 3.05) is 31.5 Å². The molecule has 5 aliphatic rings. The van der Waals surface area contributed by atoms with Gasteiger partial charge < -0.3 is 10.2 Å². The van der Waals surface area contributed by atoms with E-state index < -0.39 is 0 Å². The van der Waals surface area contributed by atoms with Gasteiger partial charge in [-0.2, -0.15) is 0 Å². The Labute approximate surface area is 163 Å². The average molecular weight is 370 g/mol. The van der Waals surface area contributed by atoms with Crippen molar-refractivity contribution in [1.29, 1.82) is 0 Å². The Morgan fingerprint density at radius 3 is 2.23 bits per heavy atom. The van der Waals surface area contributed by atoms with Crippen molar-refractivity contribution in [3.05, 3.63) is 29.8 Å². The highest BCUT2D eigenvalue weighted by Crippen LogP contribution is 2.55. The van der Waals surface area contributed by atoms with E-state index in [1.54, 1.807) is 6.42 Å². The Kier molecular flexibility index (Phi) is 4.44. The maximum absolute atomic E-state index is 5.69. The first-order valence-electron chi connectivity index (χ1n) is 10.5. The van der Waals surface area contributed by atoms with Gasteiger partial charge in [0.25, 0.3) is 0 Å². The molecule has 0 spiro atoms. The Balaban J connectivity index is 1.18. The second-order valence-corrected chi connectivity index (χ2v) is 9.63. The Bertz CT molecular complexity index is 652. The predicted molar refractivity (Wildman–Crippen MR) is 111 cm³/mol. The summed E-state index contributed by atoms with van der Waals surface area (Å²) >= 11 is 5.69. The number of nitrogens with zero attached hydrogens (tertiary/aromatic N) is 2. The molecule has 6 rings (SSSR count). The van der Waals surface area contributed by atoms with Gasteiger partial charge in [-0.3, -0.25) is 4.90 Å². The number of aryl methyl sites for hydroxylation is 1. The maximum Gasteiger partial charge on any atom is 0.173 e. The number of anilines is 1. The van der Waals surface area contributed by atoms with Gasteiger partial charge in [0.2, 0.25) is 0 Å². The van der Waals surface area contributed by atoms with E-state index in [1.165, 1.54) is 44.3 Å². The molecule has 0 amide bonds. The number of nitrogens with one attached hydrogen (secondary N) is 1. The predicted octanol–water partition coefficient (Wildman–Crippen LogP) is 4.13. The molecule has 3 nitrogen and oxygen atoms in total. The molecule has 1 aliphatic heterocycles. The van der Waals surface area contributed by atoms with Crippen LogP contribution in [0.2, 0.25) is 0 Å². The second kappa shape index (κ2) is 6.79. The highest BCUT2D eigenvalue weighted by atomic mass is 32.1. The van der Waals surface area contributed by atoms with Gasteiger partial charge >= 0.3 is 0 Å². The van der Waals surface area contributed by atoms with E-state index >= 15 is 0 Å². The zero-order chi connectivity index (χ0) is 17.7. The molecule has 4 aliphatic carbocycles. The van der Waals surface area contributed by atoms with Crippen LogP contribution in [0, 0.1) is 30.6 Å². The van der Waals surface area contributed by atoms with Gasteiger partial charge in [0.1, 0.15) is 0 Å². The van der Waals surface area contributed by atoms with Crippen molar-refractivity contribution in [3.63, 3.8) is 0 Å². The fourth-order valence-corrected chi connectivity index (χ4v) is 6.94. The first-order valence-corrected chi connectivity index (χ1v) is 10.9. The molecule has 4 heteroatoms. The molecular weight excluding hydrogens is 338 g/mol. The summed E-state index contributed by atoms with van der Waals surface area (Å²) < 4.78 is 0. The van der Waals surface area contributed by atoms with Crippen LogP contribution in [0.1, 0.15) is 37.7 Å². The molecule has 4 bridgehead atoms. The van der Waals surface area contributed by atoms with Crippen molar-refractivity contribution in [3.8, 4) is 0 Å². The molecule has 0 atom stereocenters. The lowest BCUT2D eigenvalue weighted by atomic mass is 9.54. The van der Waals surface area contributed by atoms with Crippen molar-refractivity contribution >= 4 is 23.0 Å². The Morgan fingerprint density at radius 1 is 0.962 bits per heavy atom. The van der Waals surface area contributed by atoms with E-state index in [0.717, 1.165) is 53.6 Å². The Hall–Kier alpha value is -1.13. The lowest BCUT2D eigenvalue weighted by molar-refractivity contribution is -0.0726. The van der Waals surface area contributed by atoms with Gasteiger partial charge in [0, 0.05) is 37.9 Å². The lowest BCUT2D eigenvalue weighted by Crippen LogP contribution is -2.60. The molecule has 1 saturated heterocycles. The second-order valence-electron chi connectivity index (χ2n) is 9.24. The summed E-state index contributed by atoms with van der Waals surface area (Å²) in [5.74, 6) is 4.13. The third-order valence-electron chi connectivity index (χ3n) is 7.47. The normalized spacial score (nSPS) is 36.3. The van der Waals surface area contributed by atoms with Gasteiger partial charge in [-0.25, -0.2) is 0 Å². The standard InChI is InChI=1S/C22H31N3S/c1-15-3-2-4-20(9-15)23-22(26)25-7-5-24(6-8-25)21-18-11-16-10-17(13-18)14-19(21)12-16/h2-4,9,16-19,21H,5-8,10-14H2,1H3,(H,23,26). The molecular formula is C22H31N3S. The number of hydrogen-bond donors (Lipinski definition) is 1. The van der Waals surface area contributed by atoms with Crippen molar-refractivity contribution in [2.24, 2.45) is 23.7 Å². The summed E-state index contributed by atoms with van der Waals surface area (Å²) in [4.78, 5) is 5.20. The summed E-state index contributed by atoms with van der Waals surface area (Å²) in [5.41, 5.74) is 2.38. The minimum Gasteiger partial charge on any atom is -0.346 e. The highest BCUT2D eigenvalue weighted by Gasteiger charge is 2.50. The monoisotopic (exact) mass is 369 g/mol. The third kappa shape index (κ3) is 3.16. The fourth-order valence-electron chi connectivity index (χ4n) is 6.64. The minimum absolute atomic E-state index is 0.878. The van der Waals surface area contributed by atoms with Gasteiger partial charge in [0.15, 0.2) is 5.11 Å². The SMILES string of the molecule is Cc1cccc(NC(=S)N2CCN(C3C4CC5CC(C4)CC3C5)CC2)c1. The number of thiocarbonyl (C=S) groups is 1. The minimum atomic E-state index is 0.878. The quantitative estimate of drug-likeness (QED) is 0.790. The first kappa shape index (κ1) is 17.0. The largest absolute Gasteiger partial charge is 0.346 e. The average Bonchev–Trinajstić information content (AvgIpc) is 2.61. The summed E-state index contributed by atoms with van der Waals surface area (Å²) in [5, 5.41) is 4.33. The van der Waals surface area contributed by atoms with Crippen LogP contribution >= 0.6 is 12.2 Å². The smallest absolute Gasteiger partial charge is 0.173 e. The van der Waals surface area contributed by atoms with Crippen LogP contribution in [0.3, 0.4) is 0 Å². The van der Waals surface area contributed by atoms with E-state index in [1.807, 2.05) is 0 Å². The molecule has 4 saturated carbocycles. The van der Waals surface area contributed by atoms with Crippen LogP contribution in [0.5, 0.6) is 0 Å². The summed E-state index contributed by atoms with van der Waals surface area (Å²) in [6, 6.07) is 9.35. The zero-order valence-corrected chi connectivity index (χ0v) is 16.7. The van der Waals surface area contributed by atoms with Crippen LogP contribution in [0.25, 0.3) is 0 Å². The molecule has 1 aromatic rings. The maximum atomic E-state index is 5.69. The topological polar surface area (TPSA) is 18.5 Å². The zero-order valence-electron chi connectivity index (χ0n) is 15.9. The van der Waals surface area contributed by atoms with E-state index in [4.69, 9.17) is 12.2 Å². The molecule has 0 radical (unpaired) electrons. The number of benzene rings is 1. The molecule has 1 heterocycles. The van der Waals surface area contributed by atoms with Crippen LogP contribution in [-0.4, -0.2) is 47.1 Å². The van der Waals surface area contributed by atoms with Gasteiger partial charge in [-0.1, -0.05) is 12.1 Å². The molecule has 0 unspecified atom stereocenters. The van der Waals surface area contributed by atoms with Crippen LogP contribution in [0.4, 0.5) is 5.69 Å². The highest BCUT2D eigenvalue weighted by molar-refractivity contribution is 7.80. The molecule has 0 aromatic heterocycles. The summed E-state index contributed by atoms with van der Waals surface area (Å²) in [6.07, 6.45) is 7.62. The molecule has 26 heavy (non-hydrogen) atoms. The van der Waals surface area contributed by atoms with Crippen molar-refractivity contribution in [1.82, 2.24) is 9.80 Å². The third-order valence-corrected chi connectivity index (χ3v) is 7.83. The number of hydrogen-bond acceptors (Lipinski definition) is 2. The van der Waals surface area contributed by atoms with E-state index in [2.05, 4.69) is 46.3 Å². The van der Waals surface area contributed by atoms with Crippen LogP contribution in [0.15, 0.2) is 24.3 Å². The van der Waals surface area contributed by atoms with Gasteiger partial charge in [-0.15, -0.1) is 0 Å². The molecule has 1 N–H and O–H groups in total. The number of piperazine rings is 1. The van der Waals surface area contributed by atoms with Gasteiger partial charge in [-0.05, 0) is 92.6 Å². The molecule has 5 fully saturated rings. The lowest BCUT2D eigenvalue weighted by Gasteiger charge is -2.58. The molecule has 140 valence electrons. The van der Waals surface area contributed by atoms with Crippen LogP contribution in [-0.2, 0) is 0 Å². The van der Waals surface area contributed by atoms with Crippen LogP contribution < -0.4 is 5.32 Å². The Morgan fingerprint density at radius 2 is 1.62 bits per heavy atom. The number of rotatable bonds is 2. The summed E-state index contributed by atoms with van der Waals surface area (Å²) in [6.45, 7) is 6.63. The van der Waals surface area contributed by atoms with Gasteiger partial charge in [0.05, 0.1) is 0 Å². The first-order chi connectivity index (χ1) is 12.7.